The standard InChI is InChI=1S/C23H26F2N2O8/c1-13(23(30)35-19(21(24)25)14(2)34-16-8-6-5-7-9-16)27-22(29)18-20(33-12-32-15(3)28)17(31-4)10-11-26-18/h5-11,13-14,19,21H,12H2,1-4H3,(H,27,29)/t13-,14-,19?/m0/s1. The molecule has 0 radical (unpaired) electrons. The van der Waals surface area contributed by atoms with Crippen molar-refractivity contribution in [1.29, 1.82) is 0 Å². The molecule has 0 bridgehead atoms. The van der Waals surface area contributed by atoms with Crippen molar-refractivity contribution in [2.75, 3.05) is 13.9 Å². The topological polar surface area (TPSA) is 122 Å². The highest BCUT2D eigenvalue weighted by Crippen LogP contribution is 2.29. The summed E-state index contributed by atoms with van der Waals surface area (Å²) < 4.78 is 52.7. The highest BCUT2D eigenvalue weighted by molar-refractivity contribution is 5.98. The Bertz CT molecular complexity index is 1010. The predicted molar refractivity (Wildman–Crippen MR) is 117 cm³/mol. The molecule has 1 heterocycles. The second kappa shape index (κ2) is 13.1. The van der Waals surface area contributed by atoms with E-state index in [-0.39, 0.29) is 17.2 Å². The second-order valence-corrected chi connectivity index (χ2v) is 7.16. The smallest absolute Gasteiger partial charge is 0.328 e. The minimum atomic E-state index is -3.04. The predicted octanol–water partition coefficient (Wildman–Crippen LogP) is 2.75. The Labute approximate surface area is 200 Å². The number of rotatable bonds is 12. The van der Waals surface area contributed by atoms with Crippen LogP contribution in [0.15, 0.2) is 42.6 Å². The van der Waals surface area contributed by atoms with Crippen molar-refractivity contribution < 1.29 is 46.8 Å². The molecule has 190 valence electrons. The number of carbonyl (C=O) groups excluding carboxylic acids is 3. The van der Waals surface area contributed by atoms with Crippen LogP contribution in [0.25, 0.3) is 0 Å². The van der Waals surface area contributed by atoms with Crippen LogP contribution in [0.3, 0.4) is 0 Å². The van der Waals surface area contributed by atoms with E-state index in [4.69, 9.17) is 23.7 Å². The van der Waals surface area contributed by atoms with Gasteiger partial charge in [-0.05, 0) is 26.0 Å². The summed E-state index contributed by atoms with van der Waals surface area (Å²) >= 11 is 0. The maximum atomic E-state index is 13.6. The van der Waals surface area contributed by atoms with E-state index in [9.17, 15) is 23.2 Å². The molecule has 0 saturated carbocycles. The molecule has 2 aromatic rings. The van der Waals surface area contributed by atoms with E-state index >= 15 is 0 Å². The zero-order valence-electron chi connectivity index (χ0n) is 19.5. The Hall–Kier alpha value is -3.96. The van der Waals surface area contributed by atoms with Crippen molar-refractivity contribution in [3.05, 3.63) is 48.3 Å². The van der Waals surface area contributed by atoms with E-state index < -0.39 is 49.3 Å². The number of ether oxygens (including phenoxy) is 5. The first-order valence-electron chi connectivity index (χ1n) is 10.4. The van der Waals surface area contributed by atoms with Gasteiger partial charge in [-0.25, -0.2) is 18.6 Å². The highest BCUT2D eigenvalue weighted by atomic mass is 19.3. The fourth-order valence-corrected chi connectivity index (χ4v) is 2.76. The number of alkyl halides is 2. The van der Waals surface area contributed by atoms with Gasteiger partial charge in [0, 0.05) is 19.2 Å². The van der Waals surface area contributed by atoms with Crippen molar-refractivity contribution in [2.24, 2.45) is 0 Å². The molecule has 1 unspecified atom stereocenters. The zero-order chi connectivity index (χ0) is 26.0. The van der Waals surface area contributed by atoms with E-state index in [1.807, 2.05) is 0 Å². The van der Waals surface area contributed by atoms with Crippen LogP contribution in [0.2, 0.25) is 0 Å². The minimum Gasteiger partial charge on any atom is -0.493 e. The number of carbonyl (C=O) groups is 3. The summed E-state index contributed by atoms with van der Waals surface area (Å²) in [7, 11) is 1.32. The number of halogens is 2. The van der Waals surface area contributed by atoms with Crippen molar-refractivity contribution in [1.82, 2.24) is 10.3 Å². The van der Waals surface area contributed by atoms with Crippen LogP contribution in [-0.2, 0) is 19.1 Å². The summed E-state index contributed by atoms with van der Waals surface area (Å²) in [5, 5.41) is 2.31. The van der Waals surface area contributed by atoms with E-state index in [2.05, 4.69) is 10.3 Å². The molecule has 1 amide bonds. The lowest BCUT2D eigenvalue weighted by atomic mass is 10.2. The Morgan fingerprint density at radius 3 is 2.37 bits per heavy atom. The zero-order valence-corrected chi connectivity index (χ0v) is 19.5. The van der Waals surface area contributed by atoms with Gasteiger partial charge in [-0.3, -0.25) is 9.59 Å². The van der Waals surface area contributed by atoms with Gasteiger partial charge in [0.05, 0.1) is 7.11 Å². The number of para-hydroxylation sites is 1. The lowest BCUT2D eigenvalue weighted by Gasteiger charge is -2.25. The van der Waals surface area contributed by atoms with Gasteiger partial charge in [-0.15, -0.1) is 0 Å². The molecule has 0 aliphatic carbocycles. The summed E-state index contributed by atoms with van der Waals surface area (Å²) in [5.41, 5.74) is -0.289. The van der Waals surface area contributed by atoms with Crippen LogP contribution in [0.1, 0.15) is 31.3 Å². The third kappa shape index (κ3) is 8.09. The van der Waals surface area contributed by atoms with Gasteiger partial charge in [-0.1, -0.05) is 18.2 Å². The molecule has 2 rings (SSSR count). The highest BCUT2D eigenvalue weighted by Gasteiger charge is 2.34. The number of benzene rings is 1. The van der Waals surface area contributed by atoms with Crippen LogP contribution < -0.4 is 19.5 Å². The molecule has 35 heavy (non-hydrogen) atoms. The lowest BCUT2D eigenvalue weighted by molar-refractivity contribution is -0.167. The number of esters is 2. The molecule has 0 spiro atoms. The minimum absolute atomic E-state index is 0.109. The van der Waals surface area contributed by atoms with Crippen LogP contribution >= 0.6 is 0 Å². The number of hydrogen-bond donors (Lipinski definition) is 1. The average molecular weight is 496 g/mol. The van der Waals surface area contributed by atoms with Gasteiger partial charge >= 0.3 is 11.9 Å². The fraction of sp³-hybridized carbons (Fsp3) is 0.391. The summed E-state index contributed by atoms with van der Waals surface area (Å²) in [6.45, 7) is 3.24. The summed E-state index contributed by atoms with van der Waals surface area (Å²) in [5.74, 6) is -2.32. The van der Waals surface area contributed by atoms with E-state index in [0.717, 1.165) is 0 Å². The van der Waals surface area contributed by atoms with Crippen LogP contribution in [0.4, 0.5) is 8.78 Å². The first-order valence-corrected chi connectivity index (χ1v) is 10.4. The van der Waals surface area contributed by atoms with Gasteiger partial charge < -0.3 is 29.0 Å². The molecular formula is C23H26F2N2O8. The molecule has 1 aromatic heterocycles. The van der Waals surface area contributed by atoms with Crippen LogP contribution in [0.5, 0.6) is 17.2 Å². The summed E-state index contributed by atoms with van der Waals surface area (Å²) in [6.07, 6.45) is -4.85. The molecular weight excluding hydrogens is 470 g/mol. The van der Waals surface area contributed by atoms with Gasteiger partial charge in [0.25, 0.3) is 12.3 Å². The normalized spacial score (nSPS) is 13.2. The quantitative estimate of drug-likeness (QED) is 0.349. The van der Waals surface area contributed by atoms with Crippen molar-refractivity contribution >= 4 is 17.8 Å². The van der Waals surface area contributed by atoms with Gasteiger partial charge in [0.15, 0.2) is 23.3 Å². The molecule has 0 fully saturated rings. The Morgan fingerprint density at radius 2 is 1.77 bits per heavy atom. The van der Waals surface area contributed by atoms with E-state index in [0.29, 0.717) is 5.75 Å². The number of pyridine rings is 1. The second-order valence-electron chi connectivity index (χ2n) is 7.16. The number of hydrogen-bond acceptors (Lipinski definition) is 9. The number of amides is 1. The first kappa shape index (κ1) is 27.3. The first-order chi connectivity index (χ1) is 16.6. The maximum Gasteiger partial charge on any atom is 0.328 e. The molecule has 3 atom stereocenters. The van der Waals surface area contributed by atoms with E-state index in [1.54, 1.807) is 30.3 Å². The van der Waals surface area contributed by atoms with Gasteiger partial charge in [0.2, 0.25) is 6.79 Å². The molecule has 0 aliphatic rings. The Balaban J connectivity index is 2.08. The molecule has 10 nitrogen and oxygen atoms in total. The number of nitrogens with one attached hydrogen (secondary N) is 1. The summed E-state index contributed by atoms with van der Waals surface area (Å²) in [4.78, 5) is 40.1. The molecule has 1 N–H and O–H groups in total. The molecule has 12 heteroatoms. The lowest BCUT2D eigenvalue weighted by Crippen LogP contribution is -2.45. The van der Waals surface area contributed by atoms with E-state index in [1.165, 1.54) is 40.1 Å². The molecule has 0 aliphatic heterocycles. The van der Waals surface area contributed by atoms with Crippen LogP contribution in [0, 0.1) is 0 Å². The Morgan fingerprint density at radius 1 is 1.09 bits per heavy atom. The maximum absolute atomic E-state index is 13.6. The summed E-state index contributed by atoms with van der Waals surface area (Å²) in [6, 6.07) is 8.29. The monoisotopic (exact) mass is 496 g/mol. The van der Waals surface area contributed by atoms with Crippen molar-refractivity contribution in [3.8, 4) is 17.2 Å². The number of nitrogens with zero attached hydrogens (tertiary/aromatic N) is 1. The number of methoxy groups -OCH3 is 1. The third-order valence-electron chi connectivity index (χ3n) is 4.50. The number of aromatic nitrogens is 1. The molecule has 1 aromatic carbocycles. The van der Waals surface area contributed by atoms with Gasteiger partial charge in [0.1, 0.15) is 17.9 Å². The van der Waals surface area contributed by atoms with Gasteiger partial charge in [-0.2, -0.15) is 0 Å². The average Bonchev–Trinajstić information content (AvgIpc) is 2.82. The molecule has 0 saturated heterocycles. The SMILES string of the molecule is COc1ccnc(C(=O)N[C@@H](C)C(=O)OC(C(F)F)[C@H](C)Oc2ccccc2)c1OCOC(C)=O. The van der Waals surface area contributed by atoms with Crippen molar-refractivity contribution in [2.45, 2.75) is 45.4 Å². The largest absolute Gasteiger partial charge is 0.493 e. The van der Waals surface area contributed by atoms with Crippen molar-refractivity contribution in [3.63, 3.8) is 0 Å². The van der Waals surface area contributed by atoms with Crippen LogP contribution in [-0.4, -0.2) is 61.4 Å². The third-order valence-corrected chi connectivity index (χ3v) is 4.50. The Kier molecular flexibility index (Phi) is 10.2. The fourth-order valence-electron chi connectivity index (χ4n) is 2.76.